The van der Waals surface area contributed by atoms with Crippen LogP contribution in [0.5, 0.6) is 0 Å². The van der Waals surface area contributed by atoms with Crippen LogP contribution in [0.15, 0.2) is 36.4 Å². The number of carbonyl (C=O) groups excluding carboxylic acids is 1. The fourth-order valence-electron chi connectivity index (χ4n) is 2.28. The largest absolute Gasteiger partial charge is 0.298 e. The average molecular weight is 256 g/mol. The Balaban J connectivity index is 2.66. The average Bonchev–Trinajstić information content (AvgIpc) is 2.46. The van der Waals surface area contributed by atoms with Crippen LogP contribution in [0.3, 0.4) is 0 Å². The van der Waals surface area contributed by atoms with Gasteiger partial charge in [-0.05, 0) is 47.2 Å². The van der Waals surface area contributed by atoms with E-state index >= 15 is 0 Å². The van der Waals surface area contributed by atoms with E-state index in [1.807, 2.05) is 0 Å². The second kappa shape index (κ2) is 5.79. The minimum atomic E-state index is -0.379. The van der Waals surface area contributed by atoms with Crippen molar-refractivity contribution in [2.45, 2.75) is 26.7 Å². The van der Waals surface area contributed by atoms with Gasteiger partial charge in [0.1, 0.15) is 5.82 Å². The summed E-state index contributed by atoms with van der Waals surface area (Å²) in [4.78, 5) is 11.1. The van der Waals surface area contributed by atoms with Gasteiger partial charge in [0.25, 0.3) is 0 Å². The van der Waals surface area contributed by atoms with Crippen LogP contribution in [0.25, 0.3) is 11.1 Å². The summed E-state index contributed by atoms with van der Waals surface area (Å²) < 4.78 is 13.2. The highest BCUT2D eigenvalue weighted by molar-refractivity contribution is 5.88. The van der Waals surface area contributed by atoms with Crippen LogP contribution in [-0.2, 0) is 12.8 Å². The number of hydrogen-bond acceptors (Lipinski definition) is 1. The molecule has 2 aromatic carbocycles. The van der Waals surface area contributed by atoms with E-state index in [1.165, 1.54) is 23.3 Å². The highest BCUT2D eigenvalue weighted by Gasteiger charge is 2.10. The predicted octanol–water partition coefficient (Wildman–Crippen LogP) is 4.43. The van der Waals surface area contributed by atoms with Crippen molar-refractivity contribution in [2.75, 3.05) is 0 Å². The SMILES string of the molecule is CCc1ccc(CC)c(-c2ccc(F)cc2C=O)c1. The first-order valence-corrected chi connectivity index (χ1v) is 6.56. The van der Waals surface area contributed by atoms with E-state index in [1.54, 1.807) is 6.07 Å². The molecule has 0 aliphatic rings. The molecule has 0 saturated heterocycles. The molecule has 0 unspecified atom stereocenters. The third-order valence-corrected chi connectivity index (χ3v) is 3.39. The van der Waals surface area contributed by atoms with Crippen LogP contribution < -0.4 is 0 Å². The van der Waals surface area contributed by atoms with Crippen LogP contribution in [0, 0.1) is 5.82 Å². The van der Waals surface area contributed by atoms with E-state index in [-0.39, 0.29) is 5.82 Å². The van der Waals surface area contributed by atoms with Gasteiger partial charge < -0.3 is 0 Å². The van der Waals surface area contributed by atoms with Gasteiger partial charge in [-0.3, -0.25) is 4.79 Å². The molecule has 0 bridgehead atoms. The summed E-state index contributed by atoms with van der Waals surface area (Å²) in [6, 6.07) is 10.7. The zero-order chi connectivity index (χ0) is 13.8. The maximum Gasteiger partial charge on any atom is 0.150 e. The fraction of sp³-hybridized carbons (Fsp3) is 0.235. The van der Waals surface area contributed by atoms with Crippen LogP contribution in [0.1, 0.15) is 35.3 Å². The van der Waals surface area contributed by atoms with E-state index in [2.05, 4.69) is 32.0 Å². The molecule has 2 aromatic rings. The second-order valence-corrected chi connectivity index (χ2v) is 4.55. The molecule has 0 aliphatic heterocycles. The smallest absolute Gasteiger partial charge is 0.150 e. The van der Waals surface area contributed by atoms with Crippen LogP contribution in [0.2, 0.25) is 0 Å². The molecule has 2 heteroatoms. The van der Waals surface area contributed by atoms with Gasteiger partial charge in [-0.15, -0.1) is 0 Å². The summed E-state index contributed by atoms with van der Waals surface area (Å²) in [6.07, 6.45) is 2.54. The molecule has 98 valence electrons. The first kappa shape index (κ1) is 13.5. The topological polar surface area (TPSA) is 17.1 Å². The van der Waals surface area contributed by atoms with Crippen molar-refractivity contribution >= 4 is 6.29 Å². The maximum absolute atomic E-state index is 13.2. The number of hydrogen-bond donors (Lipinski definition) is 0. The van der Waals surface area contributed by atoms with E-state index in [4.69, 9.17) is 0 Å². The quantitative estimate of drug-likeness (QED) is 0.739. The predicted molar refractivity (Wildman–Crippen MR) is 76.0 cm³/mol. The molecule has 0 aliphatic carbocycles. The van der Waals surface area contributed by atoms with Crippen molar-refractivity contribution in [1.29, 1.82) is 0 Å². The molecule has 0 fully saturated rings. The number of carbonyl (C=O) groups is 1. The molecule has 0 aromatic heterocycles. The first-order chi connectivity index (χ1) is 9.19. The molecular formula is C17H17FO. The Bertz CT molecular complexity index is 602. The van der Waals surface area contributed by atoms with Crippen LogP contribution in [-0.4, -0.2) is 6.29 Å². The fourth-order valence-corrected chi connectivity index (χ4v) is 2.28. The lowest BCUT2D eigenvalue weighted by atomic mass is 9.92. The number of rotatable bonds is 4. The minimum Gasteiger partial charge on any atom is -0.298 e. The standard InChI is InChI=1S/C17H17FO/c1-3-12-5-6-13(4-2)17(9-12)16-8-7-15(18)10-14(16)11-19/h5-11H,3-4H2,1-2H3. The Morgan fingerprint density at radius 2 is 1.79 bits per heavy atom. The lowest BCUT2D eigenvalue weighted by Crippen LogP contribution is -1.95. The van der Waals surface area contributed by atoms with E-state index in [9.17, 15) is 9.18 Å². The van der Waals surface area contributed by atoms with Crippen molar-refractivity contribution in [1.82, 2.24) is 0 Å². The first-order valence-electron chi connectivity index (χ1n) is 6.56. The van der Waals surface area contributed by atoms with Gasteiger partial charge >= 0.3 is 0 Å². The van der Waals surface area contributed by atoms with Crippen molar-refractivity contribution in [3.63, 3.8) is 0 Å². The highest BCUT2D eigenvalue weighted by Crippen LogP contribution is 2.28. The molecule has 0 radical (unpaired) electrons. The summed E-state index contributed by atoms with van der Waals surface area (Å²) in [5.74, 6) is -0.379. The van der Waals surface area contributed by atoms with E-state index in [0.29, 0.717) is 5.56 Å². The van der Waals surface area contributed by atoms with E-state index in [0.717, 1.165) is 30.3 Å². The van der Waals surface area contributed by atoms with Gasteiger partial charge in [0.15, 0.2) is 6.29 Å². The molecule has 0 N–H and O–H groups in total. The Hall–Kier alpha value is -1.96. The van der Waals surface area contributed by atoms with Gasteiger partial charge in [-0.1, -0.05) is 38.1 Å². The molecular weight excluding hydrogens is 239 g/mol. The molecule has 0 spiro atoms. The summed E-state index contributed by atoms with van der Waals surface area (Å²) in [5, 5.41) is 0. The second-order valence-electron chi connectivity index (χ2n) is 4.55. The van der Waals surface area contributed by atoms with Gasteiger partial charge in [-0.2, -0.15) is 0 Å². The molecule has 0 amide bonds. The molecule has 0 saturated carbocycles. The Labute approximate surface area is 113 Å². The van der Waals surface area contributed by atoms with Gasteiger partial charge in [0.05, 0.1) is 0 Å². The van der Waals surface area contributed by atoms with Gasteiger partial charge in [-0.25, -0.2) is 4.39 Å². The van der Waals surface area contributed by atoms with Crippen molar-refractivity contribution in [3.05, 3.63) is 58.9 Å². The minimum absolute atomic E-state index is 0.379. The third kappa shape index (κ3) is 2.73. The van der Waals surface area contributed by atoms with Crippen molar-refractivity contribution < 1.29 is 9.18 Å². The maximum atomic E-state index is 13.2. The monoisotopic (exact) mass is 256 g/mol. The molecule has 0 heterocycles. The normalized spacial score (nSPS) is 10.5. The van der Waals surface area contributed by atoms with Gasteiger partial charge in [0, 0.05) is 5.56 Å². The van der Waals surface area contributed by atoms with Crippen molar-refractivity contribution in [3.8, 4) is 11.1 Å². The number of benzene rings is 2. The summed E-state index contributed by atoms with van der Waals surface area (Å²) in [5.41, 5.74) is 4.63. The zero-order valence-corrected chi connectivity index (χ0v) is 11.2. The lowest BCUT2D eigenvalue weighted by Gasteiger charge is -2.12. The van der Waals surface area contributed by atoms with Gasteiger partial charge in [0.2, 0.25) is 0 Å². The van der Waals surface area contributed by atoms with Crippen LogP contribution in [0.4, 0.5) is 4.39 Å². The lowest BCUT2D eigenvalue weighted by molar-refractivity contribution is 0.112. The number of aryl methyl sites for hydroxylation is 2. The summed E-state index contributed by atoms with van der Waals surface area (Å²) in [6.45, 7) is 4.17. The Morgan fingerprint density at radius 3 is 2.42 bits per heavy atom. The molecule has 2 rings (SSSR count). The highest BCUT2D eigenvalue weighted by atomic mass is 19.1. The van der Waals surface area contributed by atoms with Crippen molar-refractivity contribution in [2.24, 2.45) is 0 Å². The Morgan fingerprint density at radius 1 is 1.00 bits per heavy atom. The zero-order valence-electron chi connectivity index (χ0n) is 11.2. The van der Waals surface area contributed by atoms with Crippen LogP contribution >= 0.6 is 0 Å². The number of halogens is 1. The third-order valence-electron chi connectivity index (χ3n) is 3.39. The summed E-state index contributed by atoms with van der Waals surface area (Å²) >= 11 is 0. The molecule has 1 nitrogen and oxygen atoms in total. The number of aldehydes is 1. The molecule has 0 atom stereocenters. The summed E-state index contributed by atoms with van der Waals surface area (Å²) in [7, 11) is 0. The molecule has 19 heavy (non-hydrogen) atoms. The van der Waals surface area contributed by atoms with E-state index < -0.39 is 0 Å². The Kier molecular flexibility index (Phi) is 4.10.